The number of esters is 1. The van der Waals surface area contributed by atoms with Crippen molar-refractivity contribution in [3.05, 3.63) is 28.2 Å². The van der Waals surface area contributed by atoms with E-state index in [-0.39, 0.29) is 25.0 Å². The zero-order valence-corrected chi connectivity index (χ0v) is 19.7. The number of nitrogens with two attached hydrogens (primary N) is 1. The Kier molecular flexibility index (Phi) is 11.1. The predicted octanol–water partition coefficient (Wildman–Crippen LogP) is 4.33. The van der Waals surface area contributed by atoms with E-state index in [0.717, 1.165) is 23.4 Å². The van der Waals surface area contributed by atoms with E-state index >= 15 is 0 Å². The number of anilines is 1. The van der Waals surface area contributed by atoms with Gasteiger partial charge in [-0.2, -0.15) is 0 Å². The highest BCUT2D eigenvalue weighted by atomic mass is 33.1. The third-order valence-electron chi connectivity index (χ3n) is 4.25. The summed E-state index contributed by atoms with van der Waals surface area (Å²) in [6.07, 6.45) is 4.01. The Morgan fingerprint density at radius 3 is 2.62 bits per heavy atom. The van der Waals surface area contributed by atoms with Crippen molar-refractivity contribution >= 4 is 39.8 Å². The molecule has 0 bridgehead atoms. The monoisotopic (exact) mass is 440 g/mol. The van der Waals surface area contributed by atoms with Crippen LogP contribution in [-0.2, 0) is 20.9 Å². The number of allylic oxidation sites excluding steroid dienone is 1. The van der Waals surface area contributed by atoms with Crippen LogP contribution in [0.15, 0.2) is 16.8 Å². The number of nitrogen functional groups attached to an aromatic ring is 1. The number of ether oxygens (including phenoxy) is 1. The molecule has 0 aliphatic rings. The van der Waals surface area contributed by atoms with Crippen molar-refractivity contribution in [2.75, 3.05) is 12.3 Å². The fraction of sp³-hybridized carbons (Fsp3) is 0.600. The lowest BCUT2D eigenvalue weighted by Gasteiger charge is -2.23. The number of aromatic nitrogens is 2. The summed E-state index contributed by atoms with van der Waals surface area (Å²) in [5, 5.41) is 0.465. The van der Waals surface area contributed by atoms with Gasteiger partial charge in [-0.3, -0.25) is 9.59 Å². The van der Waals surface area contributed by atoms with E-state index in [0.29, 0.717) is 28.9 Å². The van der Waals surface area contributed by atoms with Crippen LogP contribution in [-0.4, -0.2) is 39.1 Å². The van der Waals surface area contributed by atoms with Gasteiger partial charge < -0.3 is 15.4 Å². The minimum absolute atomic E-state index is 0.165. The molecule has 0 saturated carbocycles. The highest BCUT2D eigenvalue weighted by Crippen LogP contribution is 2.39. The zero-order chi connectivity index (χ0) is 22.0. The lowest BCUT2D eigenvalue weighted by atomic mass is 10.2. The first kappa shape index (κ1) is 25.3. The first-order valence-electron chi connectivity index (χ1n) is 9.69. The van der Waals surface area contributed by atoms with E-state index < -0.39 is 0 Å². The van der Waals surface area contributed by atoms with Crippen molar-refractivity contribution in [1.82, 2.24) is 14.9 Å². The third-order valence-corrected chi connectivity index (χ3v) is 7.59. The van der Waals surface area contributed by atoms with Gasteiger partial charge in [0, 0.05) is 34.0 Å². The van der Waals surface area contributed by atoms with Crippen molar-refractivity contribution in [2.45, 2.75) is 66.2 Å². The van der Waals surface area contributed by atoms with Gasteiger partial charge in [-0.1, -0.05) is 49.3 Å². The summed E-state index contributed by atoms with van der Waals surface area (Å²) in [7, 11) is 3.37. The van der Waals surface area contributed by atoms with Crippen molar-refractivity contribution in [1.29, 1.82) is 0 Å². The number of carbonyl (C=O) groups excluding carboxylic acids is 2. The second-order valence-electron chi connectivity index (χ2n) is 7.04. The maximum absolute atomic E-state index is 11.8. The van der Waals surface area contributed by atoms with Crippen molar-refractivity contribution in [3.8, 4) is 0 Å². The van der Waals surface area contributed by atoms with E-state index in [1.54, 1.807) is 53.5 Å². The summed E-state index contributed by atoms with van der Waals surface area (Å²) in [4.78, 5) is 34.5. The number of rotatable bonds is 12. The molecule has 1 atom stereocenters. The Balaban J connectivity index is 3.00. The standard InChI is InChI=1S/C20H32N4O3S2/c1-7-14(4)28-29-18(8-9-27-20(26)13(2)3)15(5)24(12-25)11-17-10-22-16(6)23-19(17)21/h10,12-14H,7-9,11H2,1-6H3,(H2,21,22,23)/b18-15+. The predicted molar refractivity (Wildman–Crippen MR) is 121 cm³/mol. The maximum atomic E-state index is 11.8. The van der Waals surface area contributed by atoms with Gasteiger partial charge in [0.05, 0.1) is 19.1 Å². The highest BCUT2D eigenvalue weighted by Gasteiger charge is 2.16. The fourth-order valence-corrected chi connectivity index (χ4v) is 4.80. The van der Waals surface area contributed by atoms with Gasteiger partial charge in [0.2, 0.25) is 6.41 Å². The molecular weight excluding hydrogens is 408 g/mol. The Hall–Kier alpha value is -1.74. The number of carbonyl (C=O) groups is 2. The van der Waals surface area contributed by atoms with Crippen LogP contribution in [0.4, 0.5) is 5.82 Å². The number of amides is 1. The molecule has 29 heavy (non-hydrogen) atoms. The quantitative estimate of drug-likeness (QED) is 0.291. The Bertz CT molecular complexity index is 726. The van der Waals surface area contributed by atoms with E-state index in [9.17, 15) is 9.59 Å². The first-order chi connectivity index (χ1) is 13.7. The lowest BCUT2D eigenvalue weighted by Crippen LogP contribution is -2.22. The largest absolute Gasteiger partial charge is 0.465 e. The summed E-state index contributed by atoms with van der Waals surface area (Å²) in [5.41, 5.74) is 7.48. The smallest absolute Gasteiger partial charge is 0.308 e. The Labute approximate surface area is 181 Å². The molecule has 1 aromatic rings. The molecule has 0 spiro atoms. The average Bonchev–Trinajstić information content (AvgIpc) is 2.68. The molecule has 2 N–H and O–H groups in total. The van der Waals surface area contributed by atoms with Crippen molar-refractivity contribution < 1.29 is 14.3 Å². The molecule has 7 nitrogen and oxygen atoms in total. The second-order valence-corrected chi connectivity index (χ2v) is 9.77. The molecule has 0 saturated heterocycles. The number of aryl methyl sites for hydroxylation is 1. The van der Waals surface area contributed by atoms with Crippen LogP contribution in [0.1, 0.15) is 58.8 Å². The van der Waals surface area contributed by atoms with Gasteiger partial charge in [-0.05, 0) is 20.3 Å². The molecule has 0 radical (unpaired) electrons. The molecule has 1 unspecified atom stereocenters. The topological polar surface area (TPSA) is 98.4 Å². The van der Waals surface area contributed by atoms with Gasteiger partial charge in [0.25, 0.3) is 0 Å². The Morgan fingerprint density at radius 1 is 1.38 bits per heavy atom. The molecular formula is C20H32N4O3S2. The summed E-state index contributed by atoms with van der Waals surface area (Å²) in [6.45, 7) is 12.1. The molecule has 0 fully saturated rings. The van der Waals surface area contributed by atoms with Gasteiger partial charge in [0.15, 0.2) is 0 Å². The van der Waals surface area contributed by atoms with Crippen LogP contribution in [0.3, 0.4) is 0 Å². The van der Waals surface area contributed by atoms with E-state index in [2.05, 4.69) is 23.8 Å². The molecule has 1 amide bonds. The molecule has 1 aromatic heterocycles. The molecule has 9 heteroatoms. The van der Waals surface area contributed by atoms with Crippen molar-refractivity contribution in [3.63, 3.8) is 0 Å². The van der Waals surface area contributed by atoms with Crippen LogP contribution in [0.2, 0.25) is 0 Å². The van der Waals surface area contributed by atoms with Crippen LogP contribution in [0.5, 0.6) is 0 Å². The molecule has 1 heterocycles. The molecule has 0 aliphatic heterocycles. The fourth-order valence-electron chi connectivity index (χ4n) is 2.11. The minimum Gasteiger partial charge on any atom is -0.465 e. The van der Waals surface area contributed by atoms with E-state index in [1.807, 2.05) is 6.92 Å². The average molecular weight is 441 g/mol. The molecule has 162 valence electrons. The number of hydrogen-bond donors (Lipinski definition) is 1. The van der Waals surface area contributed by atoms with Crippen molar-refractivity contribution in [2.24, 2.45) is 5.92 Å². The first-order valence-corrected chi connectivity index (χ1v) is 11.9. The van der Waals surface area contributed by atoms with Gasteiger partial charge in [-0.25, -0.2) is 9.97 Å². The summed E-state index contributed by atoms with van der Waals surface area (Å²) >= 11 is 0. The van der Waals surface area contributed by atoms with Gasteiger partial charge >= 0.3 is 5.97 Å². The SMILES string of the molecule is CCC(C)SS/C(CCOC(=O)C(C)C)=C(\C)N(C=O)Cc1cnc(C)nc1N. The second kappa shape index (κ2) is 12.7. The normalized spacial score (nSPS) is 13.1. The van der Waals surface area contributed by atoms with Crippen LogP contribution in [0.25, 0.3) is 0 Å². The van der Waals surface area contributed by atoms with E-state index in [4.69, 9.17) is 10.5 Å². The van der Waals surface area contributed by atoms with Crippen LogP contribution >= 0.6 is 21.6 Å². The molecule has 0 aliphatic carbocycles. The number of nitrogens with zero attached hydrogens (tertiary/aromatic N) is 3. The van der Waals surface area contributed by atoms with Gasteiger partial charge in [0.1, 0.15) is 11.6 Å². The zero-order valence-electron chi connectivity index (χ0n) is 18.1. The molecule has 1 rings (SSSR count). The lowest BCUT2D eigenvalue weighted by molar-refractivity contribution is -0.147. The third kappa shape index (κ3) is 8.65. The maximum Gasteiger partial charge on any atom is 0.308 e. The minimum atomic E-state index is -0.224. The van der Waals surface area contributed by atoms with Crippen LogP contribution in [0, 0.1) is 12.8 Å². The van der Waals surface area contributed by atoms with Gasteiger partial charge in [-0.15, -0.1) is 0 Å². The molecule has 0 aromatic carbocycles. The summed E-state index contributed by atoms with van der Waals surface area (Å²) < 4.78 is 5.34. The Morgan fingerprint density at radius 2 is 2.07 bits per heavy atom. The van der Waals surface area contributed by atoms with Crippen LogP contribution < -0.4 is 5.73 Å². The summed E-state index contributed by atoms with van der Waals surface area (Å²) in [5.74, 6) is 0.565. The summed E-state index contributed by atoms with van der Waals surface area (Å²) in [6, 6.07) is 0. The van der Waals surface area contributed by atoms with E-state index in [1.165, 1.54) is 0 Å². The highest BCUT2D eigenvalue weighted by molar-refractivity contribution is 8.78. The number of hydrogen-bond acceptors (Lipinski definition) is 8.